The number of nitrogens with one attached hydrogen (secondary N) is 1. The number of fused-ring (bicyclic) bond motifs is 1. The number of rotatable bonds is 2. The molecule has 0 bridgehead atoms. The lowest BCUT2D eigenvalue weighted by Gasteiger charge is -2.36. The van der Waals surface area contributed by atoms with Crippen molar-refractivity contribution in [3.8, 4) is 0 Å². The van der Waals surface area contributed by atoms with Crippen molar-refractivity contribution in [2.24, 2.45) is 0 Å². The maximum absolute atomic E-state index is 10.4. The summed E-state index contributed by atoms with van der Waals surface area (Å²) in [6, 6.07) is 8.17. The first-order chi connectivity index (χ1) is 8.65. The number of benzene rings is 1. The van der Waals surface area contributed by atoms with Crippen LogP contribution in [0, 0.1) is 0 Å². The molecule has 1 aromatic carbocycles. The largest absolute Gasteiger partial charge is 0.389 e. The molecule has 1 saturated heterocycles. The van der Waals surface area contributed by atoms with Crippen LogP contribution >= 0.6 is 23.1 Å². The number of piperidine rings is 1. The van der Waals surface area contributed by atoms with Crippen LogP contribution in [0.5, 0.6) is 0 Å². The van der Waals surface area contributed by atoms with Gasteiger partial charge in [0.2, 0.25) is 0 Å². The van der Waals surface area contributed by atoms with Crippen LogP contribution in [0.4, 0.5) is 0 Å². The summed E-state index contributed by atoms with van der Waals surface area (Å²) < 4.78 is 2.26. The van der Waals surface area contributed by atoms with E-state index in [1.807, 2.05) is 25.1 Å². The standard InChI is InChI=1S/C13H16N2OS2/c1-13(16)6-7-14-8-11(13)18-12-15-9-4-2-3-5-10(9)17-12/h2-5,11,14,16H,6-8H2,1H3. The molecule has 1 aliphatic rings. The molecular formula is C13H16N2OS2. The zero-order valence-corrected chi connectivity index (χ0v) is 11.9. The van der Waals surface area contributed by atoms with E-state index in [1.165, 1.54) is 4.70 Å². The number of hydrogen-bond donors (Lipinski definition) is 2. The Morgan fingerprint density at radius 2 is 2.33 bits per heavy atom. The van der Waals surface area contributed by atoms with Gasteiger partial charge in [-0.05, 0) is 32.0 Å². The molecule has 2 N–H and O–H groups in total. The van der Waals surface area contributed by atoms with Crippen molar-refractivity contribution in [2.75, 3.05) is 13.1 Å². The van der Waals surface area contributed by atoms with Crippen molar-refractivity contribution >= 4 is 33.3 Å². The normalized spacial score (nSPS) is 28.7. The van der Waals surface area contributed by atoms with Crippen LogP contribution in [-0.2, 0) is 0 Å². The Kier molecular flexibility index (Phi) is 3.32. The topological polar surface area (TPSA) is 45.1 Å². The lowest BCUT2D eigenvalue weighted by molar-refractivity contribution is 0.0355. The number of thiazole rings is 1. The van der Waals surface area contributed by atoms with E-state index in [0.717, 1.165) is 29.4 Å². The Bertz CT molecular complexity index is 520. The second-order valence-electron chi connectivity index (χ2n) is 4.87. The summed E-state index contributed by atoms with van der Waals surface area (Å²) in [4.78, 5) is 4.61. The van der Waals surface area contributed by atoms with Gasteiger partial charge in [-0.3, -0.25) is 0 Å². The fraction of sp³-hybridized carbons (Fsp3) is 0.462. The Labute approximate surface area is 115 Å². The Morgan fingerprint density at radius 3 is 3.11 bits per heavy atom. The number of nitrogens with zero attached hydrogens (tertiary/aromatic N) is 1. The molecule has 1 aliphatic heterocycles. The van der Waals surface area contributed by atoms with E-state index in [1.54, 1.807) is 23.1 Å². The van der Waals surface area contributed by atoms with Gasteiger partial charge in [0.05, 0.1) is 21.1 Å². The second-order valence-corrected chi connectivity index (χ2v) is 7.35. The minimum absolute atomic E-state index is 0.173. The molecule has 0 radical (unpaired) electrons. The molecular weight excluding hydrogens is 264 g/mol. The highest BCUT2D eigenvalue weighted by Crippen LogP contribution is 2.37. The second kappa shape index (κ2) is 4.81. The van der Waals surface area contributed by atoms with Gasteiger partial charge in [-0.15, -0.1) is 11.3 Å². The predicted octanol–water partition coefficient (Wildman–Crippen LogP) is 2.50. The molecule has 3 nitrogen and oxygen atoms in total. The summed E-state index contributed by atoms with van der Waals surface area (Å²) >= 11 is 3.40. The molecule has 0 spiro atoms. The monoisotopic (exact) mass is 280 g/mol. The van der Waals surface area contributed by atoms with Crippen LogP contribution in [0.2, 0.25) is 0 Å². The number of thioether (sulfide) groups is 1. The van der Waals surface area contributed by atoms with Crippen molar-refractivity contribution in [3.63, 3.8) is 0 Å². The molecule has 2 atom stereocenters. The average Bonchev–Trinajstić information content (AvgIpc) is 2.74. The van der Waals surface area contributed by atoms with Crippen LogP contribution in [0.3, 0.4) is 0 Å². The molecule has 2 heterocycles. The van der Waals surface area contributed by atoms with Crippen LogP contribution in [0.1, 0.15) is 13.3 Å². The maximum atomic E-state index is 10.4. The quantitative estimate of drug-likeness (QED) is 0.887. The fourth-order valence-electron chi connectivity index (χ4n) is 2.15. The highest BCUT2D eigenvalue weighted by molar-refractivity contribution is 8.01. The van der Waals surface area contributed by atoms with Gasteiger partial charge in [0.25, 0.3) is 0 Å². The van der Waals surface area contributed by atoms with E-state index >= 15 is 0 Å². The molecule has 1 fully saturated rings. The van der Waals surface area contributed by atoms with Gasteiger partial charge in [0.15, 0.2) is 4.34 Å². The summed E-state index contributed by atoms with van der Waals surface area (Å²) in [5.41, 5.74) is 0.446. The van der Waals surface area contributed by atoms with E-state index in [4.69, 9.17) is 0 Å². The zero-order valence-electron chi connectivity index (χ0n) is 10.2. The number of aromatic nitrogens is 1. The Balaban J connectivity index is 1.83. The molecule has 0 amide bonds. The fourth-order valence-corrected chi connectivity index (χ4v) is 4.62. The lowest BCUT2D eigenvalue weighted by atomic mass is 9.94. The van der Waals surface area contributed by atoms with Crippen molar-refractivity contribution in [2.45, 2.75) is 28.5 Å². The van der Waals surface area contributed by atoms with Gasteiger partial charge >= 0.3 is 0 Å². The first-order valence-electron chi connectivity index (χ1n) is 6.10. The first-order valence-corrected chi connectivity index (χ1v) is 7.80. The van der Waals surface area contributed by atoms with Crippen molar-refractivity contribution in [1.82, 2.24) is 10.3 Å². The van der Waals surface area contributed by atoms with Crippen LogP contribution < -0.4 is 5.32 Å². The summed E-state index contributed by atoms with van der Waals surface area (Å²) in [6.45, 7) is 3.66. The molecule has 18 heavy (non-hydrogen) atoms. The van der Waals surface area contributed by atoms with Crippen LogP contribution in [0.25, 0.3) is 10.2 Å². The van der Waals surface area contributed by atoms with Gasteiger partial charge in [0.1, 0.15) is 0 Å². The highest BCUT2D eigenvalue weighted by Gasteiger charge is 2.35. The summed E-state index contributed by atoms with van der Waals surface area (Å²) in [5, 5.41) is 13.9. The smallest absolute Gasteiger partial charge is 0.151 e. The maximum Gasteiger partial charge on any atom is 0.151 e. The minimum Gasteiger partial charge on any atom is -0.389 e. The van der Waals surface area contributed by atoms with Crippen molar-refractivity contribution < 1.29 is 5.11 Å². The third-order valence-electron chi connectivity index (χ3n) is 3.35. The van der Waals surface area contributed by atoms with E-state index in [9.17, 15) is 5.11 Å². The summed E-state index contributed by atoms with van der Waals surface area (Å²) in [6.07, 6.45) is 0.801. The molecule has 0 saturated carbocycles. The van der Waals surface area contributed by atoms with Gasteiger partial charge < -0.3 is 10.4 Å². The molecule has 2 aromatic rings. The van der Waals surface area contributed by atoms with Gasteiger partial charge in [-0.1, -0.05) is 23.9 Å². The Morgan fingerprint density at radius 1 is 1.50 bits per heavy atom. The molecule has 2 unspecified atom stereocenters. The van der Waals surface area contributed by atoms with Crippen LogP contribution in [-0.4, -0.2) is 34.0 Å². The summed E-state index contributed by atoms with van der Waals surface area (Å²) in [7, 11) is 0. The SMILES string of the molecule is CC1(O)CCNCC1Sc1nc2ccccc2s1. The van der Waals surface area contributed by atoms with E-state index in [0.29, 0.717) is 0 Å². The van der Waals surface area contributed by atoms with Gasteiger partial charge in [-0.2, -0.15) is 0 Å². The van der Waals surface area contributed by atoms with E-state index in [-0.39, 0.29) is 5.25 Å². The molecule has 3 rings (SSSR count). The van der Waals surface area contributed by atoms with Crippen molar-refractivity contribution in [3.05, 3.63) is 24.3 Å². The van der Waals surface area contributed by atoms with E-state index < -0.39 is 5.60 Å². The van der Waals surface area contributed by atoms with Crippen molar-refractivity contribution in [1.29, 1.82) is 0 Å². The van der Waals surface area contributed by atoms with E-state index in [2.05, 4.69) is 16.4 Å². The molecule has 5 heteroatoms. The van der Waals surface area contributed by atoms with Gasteiger partial charge in [-0.25, -0.2) is 4.98 Å². The van der Waals surface area contributed by atoms with Crippen LogP contribution in [0.15, 0.2) is 28.6 Å². The molecule has 1 aromatic heterocycles. The first kappa shape index (κ1) is 12.4. The third-order valence-corrected chi connectivity index (χ3v) is 5.97. The predicted molar refractivity (Wildman–Crippen MR) is 77.4 cm³/mol. The number of hydrogen-bond acceptors (Lipinski definition) is 5. The lowest BCUT2D eigenvalue weighted by Crippen LogP contribution is -2.50. The molecule has 0 aliphatic carbocycles. The average molecular weight is 280 g/mol. The highest BCUT2D eigenvalue weighted by atomic mass is 32.2. The minimum atomic E-state index is -0.603. The summed E-state index contributed by atoms with van der Waals surface area (Å²) in [5.74, 6) is 0. The molecule has 96 valence electrons. The zero-order chi connectivity index (χ0) is 12.6. The Hall–Kier alpha value is -0.620. The number of para-hydroxylation sites is 1. The van der Waals surface area contributed by atoms with Gasteiger partial charge in [0, 0.05) is 6.54 Å². The third kappa shape index (κ3) is 2.40. The number of aliphatic hydroxyl groups is 1.